The Balaban J connectivity index is 1.42. The largest absolute Gasteiger partial charge is 0.455 e. The van der Waals surface area contributed by atoms with Crippen LogP contribution in [0.15, 0.2) is 42.0 Å². The Kier molecular flexibility index (Phi) is 6.30. The summed E-state index contributed by atoms with van der Waals surface area (Å²) in [5.74, 6) is -0.999. The van der Waals surface area contributed by atoms with Crippen LogP contribution in [0.5, 0.6) is 0 Å². The molecule has 1 aromatic rings. The Morgan fingerprint density at radius 2 is 1.93 bits per heavy atom. The van der Waals surface area contributed by atoms with E-state index in [-0.39, 0.29) is 35.7 Å². The van der Waals surface area contributed by atoms with Crippen LogP contribution < -0.4 is 0 Å². The number of aliphatic hydroxyl groups is 2. The second-order valence-electron chi connectivity index (χ2n) is 12.8. The number of carbonyl (C=O) groups excluding carboxylic acids is 1. The smallest absolute Gasteiger partial charge is 0.338 e. The molecule has 40 heavy (non-hydrogen) atoms. The molecule has 9 heteroatoms. The molecular formula is C31H41NO8. The number of likely N-dealkylation sites (tertiary alicyclic amines) is 1. The maximum absolute atomic E-state index is 13.4. The van der Waals surface area contributed by atoms with E-state index in [1.165, 1.54) is 7.11 Å². The monoisotopic (exact) mass is 555 g/mol. The molecular weight excluding hydrogens is 514 g/mol. The summed E-state index contributed by atoms with van der Waals surface area (Å²) < 4.78 is 31.3. The van der Waals surface area contributed by atoms with Crippen molar-refractivity contribution in [2.75, 3.05) is 41.0 Å². The fourth-order valence-electron chi connectivity index (χ4n) is 10.4. The topological polar surface area (TPSA) is 107 Å². The van der Waals surface area contributed by atoms with Crippen molar-refractivity contribution in [3.05, 3.63) is 47.5 Å². The molecule has 0 unspecified atom stereocenters. The van der Waals surface area contributed by atoms with Crippen LogP contribution >= 0.6 is 0 Å². The summed E-state index contributed by atoms with van der Waals surface area (Å²) >= 11 is 0. The molecule has 2 saturated heterocycles. The van der Waals surface area contributed by atoms with Crippen molar-refractivity contribution in [1.29, 1.82) is 0 Å². The van der Waals surface area contributed by atoms with Crippen molar-refractivity contribution in [3.8, 4) is 0 Å². The zero-order valence-electron chi connectivity index (χ0n) is 23.7. The van der Waals surface area contributed by atoms with E-state index in [0.29, 0.717) is 18.6 Å². The minimum atomic E-state index is -1.58. The first-order valence-corrected chi connectivity index (χ1v) is 14.6. The Hall–Kier alpha value is -1.85. The highest BCUT2D eigenvalue weighted by Crippen LogP contribution is 2.74. The second kappa shape index (κ2) is 9.33. The zero-order chi connectivity index (χ0) is 28.0. The molecule has 0 aromatic heterocycles. The van der Waals surface area contributed by atoms with E-state index >= 15 is 0 Å². The van der Waals surface area contributed by atoms with Gasteiger partial charge in [0.2, 0.25) is 0 Å². The molecule has 2 aliphatic heterocycles. The molecule has 218 valence electrons. The third-order valence-corrected chi connectivity index (χ3v) is 11.5. The summed E-state index contributed by atoms with van der Waals surface area (Å²) in [6.45, 7) is 4.43. The highest BCUT2D eigenvalue weighted by atomic mass is 16.6. The van der Waals surface area contributed by atoms with Crippen LogP contribution in [0.2, 0.25) is 0 Å². The summed E-state index contributed by atoms with van der Waals surface area (Å²) in [5, 5.41) is 24.2. The first-order chi connectivity index (χ1) is 19.3. The highest BCUT2D eigenvalue weighted by molar-refractivity contribution is 5.89. The maximum atomic E-state index is 13.4. The average Bonchev–Trinajstić information content (AvgIpc) is 3.30. The first-order valence-electron chi connectivity index (χ1n) is 14.6. The van der Waals surface area contributed by atoms with Gasteiger partial charge in [-0.1, -0.05) is 31.2 Å². The van der Waals surface area contributed by atoms with Gasteiger partial charge in [-0.3, -0.25) is 4.90 Å². The van der Waals surface area contributed by atoms with E-state index < -0.39 is 41.2 Å². The molecule has 0 radical (unpaired) electrons. The number of benzene rings is 1. The van der Waals surface area contributed by atoms with Crippen molar-refractivity contribution in [2.24, 2.45) is 28.6 Å². The molecule has 2 heterocycles. The van der Waals surface area contributed by atoms with Gasteiger partial charge in [-0.15, -0.1) is 0 Å². The van der Waals surface area contributed by atoms with Gasteiger partial charge in [0.1, 0.15) is 30.1 Å². The molecule has 0 amide bonds. The van der Waals surface area contributed by atoms with E-state index in [9.17, 15) is 15.0 Å². The van der Waals surface area contributed by atoms with Crippen LogP contribution in [0.3, 0.4) is 0 Å². The van der Waals surface area contributed by atoms with Crippen LogP contribution in [-0.2, 0) is 23.7 Å². The van der Waals surface area contributed by atoms with Crippen LogP contribution in [0.25, 0.3) is 0 Å². The van der Waals surface area contributed by atoms with Gasteiger partial charge in [-0.25, -0.2) is 4.79 Å². The Labute approximate surface area is 235 Å². The number of ether oxygens (including phenoxy) is 5. The second-order valence-corrected chi connectivity index (χ2v) is 12.8. The molecule has 4 aliphatic carbocycles. The number of nitrogens with zero attached hydrogens (tertiary/aromatic N) is 1. The molecule has 3 saturated carbocycles. The van der Waals surface area contributed by atoms with Gasteiger partial charge >= 0.3 is 5.97 Å². The van der Waals surface area contributed by atoms with E-state index in [1.807, 2.05) is 6.07 Å². The predicted molar refractivity (Wildman–Crippen MR) is 143 cm³/mol. The Morgan fingerprint density at radius 3 is 2.60 bits per heavy atom. The summed E-state index contributed by atoms with van der Waals surface area (Å²) in [7, 11) is 5.04. The molecule has 9 nitrogen and oxygen atoms in total. The molecule has 7 bridgehead atoms. The standard InChI is InChI=1S/C31H41NO8/c1-5-32-15-29(16-36-2)12-11-21(37-3)31-19-14-30(35)25(40-27(34)17-9-7-6-8-10-17)22(19)18(23(33)26(30)38-4)13-20(24(29)31)39-28(31)32/h6-10,13,19-26,28,33,35H,5,11-12,14-16H2,1-4H3/t19-,20+,21+,22-,23-,24-,25-,26+,28-,29+,30-,31+/m1/s1. The minimum absolute atomic E-state index is 0.0653. The van der Waals surface area contributed by atoms with Crippen LogP contribution in [-0.4, -0.2) is 104 Å². The first kappa shape index (κ1) is 27.0. The van der Waals surface area contributed by atoms with Crippen LogP contribution in [0.1, 0.15) is 36.5 Å². The quantitative estimate of drug-likeness (QED) is 0.386. The minimum Gasteiger partial charge on any atom is -0.455 e. The van der Waals surface area contributed by atoms with E-state index in [0.717, 1.165) is 31.5 Å². The summed E-state index contributed by atoms with van der Waals surface area (Å²) in [6.07, 6.45) is 0.683. The van der Waals surface area contributed by atoms with Gasteiger partial charge in [-0.2, -0.15) is 0 Å². The summed E-state index contributed by atoms with van der Waals surface area (Å²) in [6, 6.07) is 8.86. The SMILES string of the molecule is CCN1C[C@]2(COC)CC[C@H](OC)[C@]34[C@@H]5C[C@@]6(O)[C@H](OC(=O)c7ccccc7)[C@@H]5C(=C[C@H](O[C@@H]13)[C@H]24)[C@@H](O)[C@@H]6OC. The van der Waals surface area contributed by atoms with Gasteiger partial charge in [-0.05, 0) is 49.4 Å². The third kappa shape index (κ3) is 3.20. The van der Waals surface area contributed by atoms with Crippen LogP contribution in [0, 0.1) is 28.6 Å². The lowest BCUT2D eigenvalue weighted by Crippen LogP contribution is -2.71. The number of carbonyl (C=O) groups is 1. The lowest BCUT2D eigenvalue weighted by molar-refractivity contribution is -0.246. The number of esters is 1. The zero-order valence-corrected chi connectivity index (χ0v) is 23.7. The molecule has 5 fully saturated rings. The van der Waals surface area contributed by atoms with Crippen molar-refractivity contribution >= 4 is 5.97 Å². The Bertz CT molecular complexity index is 1190. The lowest BCUT2D eigenvalue weighted by atomic mass is 9.46. The predicted octanol–water partition coefficient (Wildman–Crippen LogP) is 2.01. The molecule has 2 N–H and O–H groups in total. The van der Waals surface area contributed by atoms with E-state index in [1.54, 1.807) is 38.5 Å². The van der Waals surface area contributed by atoms with Gasteiger partial charge in [0.15, 0.2) is 0 Å². The fraction of sp³-hybridized carbons (Fsp3) is 0.710. The van der Waals surface area contributed by atoms with Crippen molar-refractivity contribution < 1.29 is 38.7 Å². The number of fused-ring (bicyclic) bond motifs is 1. The number of methoxy groups -OCH3 is 3. The van der Waals surface area contributed by atoms with Gasteiger partial charge in [0.05, 0.1) is 24.4 Å². The van der Waals surface area contributed by atoms with E-state index in [4.69, 9.17) is 23.7 Å². The molecule has 6 aliphatic rings. The lowest BCUT2D eigenvalue weighted by Gasteiger charge is -2.64. The highest BCUT2D eigenvalue weighted by Gasteiger charge is 2.81. The van der Waals surface area contributed by atoms with Crippen molar-refractivity contribution in [3.63, 3.8) is 0 Å². The Morgan fingerprint density at radius 1 is 1.15 bits per heavy atom. The average molecular weight is 556 g/mol. The van der Waals surface area contributed by atoms with Crippen LogP contribution in [0.4, 0.5) is 0 Å². The number of hydrogen-bond acceptors (Lipinski definition) is 9. The maximum Gasteiger partial charge on any atom is 0.338 e. The van der Waals surface area contributed by atoms with Gasteiger partial charge < -0.3 is 33.9 Å². The van der Waals surface area contributed by atoms with Crippen molar-refractivity contribution in [1.82, 2.24) is 4.90 Å². The third-order valence-electron chi connectivity index (χ3n) is 11.5. The number of aliphatic hydroxyl groups excluding tert-OH is 1. The number of piperidine rings is 1. The normalized spacial score (nSPS) is 48.5. The summed E-state index contributed by atoms with van der Waals surface area (Å²) in [5.41, 5.74) is -1.09. The molecule has 1 aromatic carbocycles. The summed E-state index contributed by atoms with van der Waals surface area (Å²) in [4.78, 5) is 15.9. The van der Waals surface area contributed by atoms with E-state index in [2.05, 4.69) is 17.9 Å². The van der Waals surface area contributed by atoms with Gasteiger partial charge in [0.25, 0.3) is 0 Å². The molecule has 12 atom stereocenters. The number of hydrogen-bond donors (Lipinski definition) is 2. The molecule has 7 rings (SSSR count). The fourth-order valence-corrected chi connectivity index (χ4v) is 10.4. The van der Waals surface area contributed by atoms with Crippen molar-refractivity contribution in [2.45, 2.75) is 68.5 Å². The van der Waals surface area contributed by atoms with Gasteiger partial charge in [0, 0.05) is 50.5 Å². The number of rotatable bonds is 7. The molecule has 0 spiro atoms.